The fourth-order valence-corrected chi connectivity index (χ4v) is 2.08. The number of carboxylic acids is 1. The molecule has 1 aromatic carbocycles. The van der Waals surface area contributed by atoms with Gasteiger partial charge >= 0.3 is 5.97 Å². The van der Waals surface area contributed by atoms with Crippen LogP contribution in [0.25, 0.3) is 11.3 Å². The van der Waals surface area contributed by atoms with Gasteiger partial charge in [-0.1, -0.05) is 23.2 Å². The number of hydrogen-bond donors (Lipinski definition) is 1. The number of rotatable bonds is 3. The van der Waals surface area contributed by atoms with Crippen LogP contribution in [0.2, 0.25) is 10.0 Å². The Kier molecular flexibility index (Phi) is 4.02. The number of hydrogen-bond acceptors (Lipinski definition) is 2. The van der Waals surface area contributed by atoms with Gasteiger partial charge in [-0.15, -0.1) is 0 Å². The molecule has 2 rings (SSSR count). The van der Waals surface area contributed by atoms with E-state index >= 15 is 0 Å². The molecule has 0 bridgehead atoms. The Labute approximate surface area is 118 Å². The van der Waals surface area contributed by atoms with E-state index < -0.39 is 11.8 Å². The zero-order chi connectivity index (χ0) is 14.0. The second kappa shape index (κ2) is 5.55. The highest BCUT2D eigenvalue weighted by molar-refractivity contribution is 6.35. The summed E-state index contributed by atoms with van der Waals surface area (Å²) in [7, 11) is 0. The van der Waals surface area contributed by atoms with Gasteiger partial charge in [0.25, 0.3) is 0 Å². The van der Waals surface area contributed by atoms with E-state index in [-0.39, 0.29) is 12.0 Å². The first-order valence-corrected chi connectivity index (χ1v) is 6.04. The van der Waals surface area contributed by atoms with Crippen LogP contribution in [0.15, 0.2) is 30.5 Å². The van der Waals surface area contributed by atoms with Crippen molar-refractivity contribution < 1.29 is 14.3 Å². The highest BCUT2D eigenvalue weighted by atomic mass is 35.5. The monoisotopic (exact) mass is 299 g/mol. The zero-order valence-corrected chi connectivity index (χ0v) is 11.0. The highest BCUT2D eigenvalue weighted by Crippen LogP contribution is 2.31. The molecule has 0 aliphatic rings. The fraction of sp³-hybridized carbons (Fsp3) is 0.0769. The molecule has 0 unspecified atom stereocenters. The third-order valence-electron chi connectivity index (χ3n) is 2.46. The molecule has 0 spiro atoms. The first-order valence-electron chi connectivity index (χ1n) is 5.29. The van der Waals surface area contributed by atoms with Gasteiger partial charge in [0.05, 0.1) is 23.3 Å². The van der Waals surface area contributed by atoms with Crippen LogP contribution in [0.1, 0.15) is 5.56 Å². The summed E-state index contributed by atoms with van der Waals surface area (Å²) in [5.74, 6) is -1.68. The minimum atomic E-state index is -1.08. The van der Waals surface area contributed by atoms with Gasteiger partial charge in [-0.25, -0.2) is 4.39 Å². The van der Waals surface area contributed by atoms with E-state index in [0.717, 1.165) is 12.3 Å². The normalized spacial score (nSPS) is 10.5. The number of benzene rings is 1. The molecule has 0 amide bonds. The summed E-state index contributed by atoms with van der Waals surface area (Å²) < 4.78 is 13.2. The van der Waals surface area contributed by atoms with Gasteiger partial charge in [0.2, 0.25) is 0 Å². The van der Waals surface area contributed by atoms with Gasteiger partial charge in [-0.2, -0.15) is 0 Å². The molecule has 0 aliphatic carbocycles. The average molecular weight is 300 g/mol. The van der Waals surface area contributed by atoms with E-state index in [0.29, 0.717) is 21.3 Å². The van der Waals surface area contributed by atoms with Crippen molar-refractivity contribution >= 4 is 29.2 Å². The van der Waals surface area contributed by atoms with Gasteiger partial charge in [0, 0.05) is 10.6 Å². The van der Waals surface area contributed by atoms with Crippen LogP contribution in [0.5, 0.6) is 0 Å². The van der Waals surface area contributed by atoms with Gasteiger partial charge in [-0.05, 0) is 29.8 Å². The predicted molar refractivity (Wildman–Crippen MR) is 71.0 cm³/mol. The lowest BCUT2D eigenvalue weighted by atomic mass is 10.0. The van der Waals surface area contributed by atoms with E-state index in [1.54, 1.807) is 18.2 Å². The minimum Gasteiger partial charge on any atom is -0.481 e. The Morgan fingerprint density at radius 3 is 2.74 bits per heavy atom. The summed E-state index contributed by atoms with van der Waals surface area (Å²) in [6.07, 6.45) is 0.668. The maximum Gasteiger partial charge on any atom is 0.307 e. The summed E-state index contributed by atoms with van der Waals surface area (Å²) in [6, 6.07) is 5.88. The fourth-order valence-electron chi connectivity index (χ4n) is 1.70. The summed E-state index contributed by atoms with van der Waals surface area (Å²) in [6.45, 7) is 0. The maximum absolute atomic E-state index is 13.2. The van der Waals surface area contributed by atoms with Crippen molar-refractivity contribution in [2.75, 3.05) is 0 Å². The number of carbonyl (C=O) groups is 1. The van der Waals surface area contributed by atoms with E-state index in [9.17, 15) is 9.18 Å². The Bertz CT molecular complexity index is 647. The summed E-state index contributed by atoms with van der Waals surface area (Å²) >= 11 is 11.9. The molecule has 1 aromatic heterocycles. The molecule has 2 aromatic rings. The van der Waals surface area contributed by atoms with Gasteiger partial charge in [0.15, 0.2) is 0 Å². The number of aliphatic carboxylic acids is 1. The lowest BCUT2D eigenvalue weighted by Crippen LogP contribution is -2.04. The number of carboxylic acid groups (broad SMARTS) is 1. The van der Waals surface area contributed by atoms with Crippen molar-refractivity contribution in [3.8, 4) is 11.3 Å². The highest BCUT2D eigenvalue weighted by Gasteiger charge is 2.14. The lowest BCUT2D eigenvalue weighted by molar-refractivity contribution is -0.136. The minimum absolute atomic E-state index is 0.247. The number of nitrogens with zero attached hydrogens (tertiary/aromatic N) is 1. The molecule has 0 saturated heterocycles. The van der Waals surface area contributed by atoms with E-state index in [1.807, 2.05) is 0 Å². The van der Waals surface area contributed by atoms with Crippen LogP contribution in [-0.2, 0) is 11.2 Å². The van der Waals surface area contributed by atoms with Crippen LogP contribution in [0.4, 0.5) is 4.39 Å². The van der Waals surface area contributed by atoms with Crippen LogP contribution in [0, 0.1) is 5.82 Å². The van der Waals surface area contributed by atoms with Crippen molar-refractivity contribution in [3.05, 3.63) is 51.9 Å². The zero-order valence-electron chi connectivity index (χ0n) is 9.53. The summed E-state index contributed by atoms with van der Waals surface area (Å²) in [5.41, 5.74) is 1.04. The van der Waals surface area contributed by atoms with Gasteiger partial charge < -0.3 is 5.11 Å². The molecule has 1 heterocycles. The first kappa shape index (κ1) is 13.8. The van der Waals surface area contributed by atoms with Crippen LogP contribution in [-0.4, -0.2) is 16.1 Å². The largest absolute Gasteiger partial charge is 0.481 e. The second-order valence-corrected chi connectivity index (χ2v) is 4.70. The Morgan fingerprint density at radius 2 is 2.05 bits per heavy atom. The van der Waals surface area contributed by atoms with Crippen LogP contribution in [0.3, 0.4) is 0 Å². The molecule has 19 heavy (non-hydrogen) atoms. The topological polar surface area (TPSA) is 50.2 Å². The molecule has 6 heteroatoms. The van der Waals surface area contributed by atoms with Crippen molar-refractivity contribution in [3.63, 3.8) is 0 Å². The maximum atomic E-state index is 13.2. The van der Waals surface area contributed by atoms with Crippen molar-refractivity contribution in [2.45, 2.75) is 6.42 Å². The lowest BCUT2D eigenvalue weighted by Gasteiger charge is -2.09. The Morgan fingerprint density at radius 1 is 1.32 bits per heavy atom. The molecule has 0 atom stereocenters. The molecule has 3 nitrogen and oxygen atoms in total. The predicted octanol–water partition coefficient (Wildman–Crippen LogP) is 3.82. The van der Waals surface area contributed by atoms with Gasteiger partial charge in [0.1, 0.15) is 5.82 Å². The molecule has 0 radical (unpaired) electrons. The molecular weight excluding hydrogens is 292 g/mol. The van der Waals surface area contributed by atoms with Crippen molar-refractivity contribution in [1.29, 1.82) is 0 Å². The quantitative estimate of drug-likeness (QED) is 0.937. The average Bonchev–Trinajstić information content (AvgIpc) is 2.32. The number of halogens is 3. The number of pyridine rings is 1. The molecule has 0 saturated carbocycles. The third kappa shape index (κ3) is 3.22. The van der Waals surface area contributed by atoms with E-state index in [4.69, 9.17) is 28.3 Å². The second-order valence-electron chi connectivity index (χ2n) is 3.86. The molecule has 1 N–H and O–H groups in total. The SMILES string of the molecule is O=C(O)Cc1cc(F)cnc1-c1cc(Cl)ccc1Cl. The molecule has 0 aliphatic heterocycles. The third-order valence-corrected chi connectivity index (χ3v) is 3.02. The summed E-state index contributed by atoms with van der Waals surface area (Å²) in [4.78, 5) is 14.7. The Balaban J connectivity index is 2.60. The smallest absolute Gasteiger partial charge is 0.307 e. The van der Waals surface area contributed by atoms with E-state index in [2.05, 4.69) is 4.98 Å². The Hall–Kier alpha value is -1.65. The van der Waals surface area contributed by atoms with E-state index in [1.165, 1.54) is 0 Å². The van der Waals surface area contributed by atoms with Crippen molar-refractivity contribution in [1.82, 2.24) is 4.98 Å². The van der Waals surface area contributed by atoms with Gasteiger partial charge in [-0.3, -0.25) is 9.78 Å². The number of aromatic nitrogens is 1. The van der Waals surface area contributed by atoms with Crippen molar-refractivity contribution in [2.24, 2.45) is 0 Å². The van der Waals surface area contributed by atoms with Crippen LogP contribution >= 0.6 is 23.2 Å². The standard InChI is InChI=1S/C13H8Cl2FNO2/c14-8-1-2-11(15)10(5-8)13-7(4-12(18)19)3-9(16)6-17-13/h1-3,5-6H,4H2,(H,18,19). The van der Waals surface area contributed by atoms with Crippen LogP contribution < -0.4 is 0 Å². The molecular formula is C13H8Cl2FNO2. The molecule has 0 fully saturated rings. The first-order chi connectivity index (χ1) is 8.97. The summed E-state index contributed by atoms with van der Waals surface area (Å²) in [5, 5.41) is 9.65. The molecule has 98 valence electrons.